The Morgan fingerprint density at radius 2 is 1.79 bits per heavy atom. The number of benzene rings is 3. The van der Waals surface area contributed by atoms with Crippen LogP contribution in [0.1, 0.15) is 32.4 Å². The van der Waals surface area contributed by atoms with Crippen molar-refractivity contribution in [2.45, 2.75) is 31.0 Å². The van der Waals surface area contributed by atoms with Gasteiger partial charge in [0.1, 0.15) is 0 Å². The van der Waals surface area contributed by atoms with E-state index in [4.69, 9.17) is 15.2 Å². The van der Waals surface area contributed by atoms with Gasteiger partial charge in [-0.25, -0.2) is 0 Å². The van der Waals surface area contributed by atoms with E-state index in [0.717, 1.165) is 17.7 Å². The van der Waals surface area contributed by atoms with Crippen LogP contribution in [0.15, 0.2) is 60.7 Å². The largest absolute Gasteiger partial charge is 0.454 e. The van der Waals surface area contributed by atoms with Crippen molar-refractivity contribution in [1.29, 1.82) is 0 Å². The minimum atomic E-state index is -4.57. The lowest BCUT2D eigenvalue weighted by Crippen LogP contribution is -2.28. The molecule has 3 N–H and O–H groups in total. The smallest absolute Gasteiger partial charge is 0.416 e. The molecular weight excluding hydrogens is 433 g/mol. The Hall–Kier alpha value is -3.52. The van der Waals surface area contributed by atoms with Crippen molar-refractivity contribution in [2.75, 3.05) is 12.1 Å². The molecule has 8 heteroatoms. The van der Waals surface area contributed by atoms with Crippen molar-refractivity contribution in [3.05, 3.63) is 77.4 Å². The third-order valence-electron chi connectivity index (χ3n) is 6.18. The van der Waals surface area contributed by atoms with Crippen LogP contribution in [0.4, 0.5) is 18.9 Å². The normalized spacial score (nSPS) is 15.9. The first-order valence-electron chi connectivity index (χ1n) is 10.5. The summed E-state index contributed by atoms with van der Waals surface area (Å²) in [4.78, 5) is 13.2. The first-order chi connectivity index (χ1) is 15.8. The van der Waals surface area contributed by atoms with Crippen LogP contribution >= 0.6 is 0 Å². The van der Waals surface area contributed by atoms with Crippen LogP contribution in [0.5, 0.6) is 11.5 Å². The van der Waals surface area contributed by atoms with E-state index < -0.39 is 17.2 Å². The molecule has 0 atom stereocenters. The molecule has 1 aliphatic carbocycles. The predicted octanol–water partition coefficient (Wildman–Crippen LogP) is 5.72. The fraction of sp³-hybridized carbons (Fsp3) is 0.240. The van der Waals surface area contributed by atoms with Gasteiger partial charge in [-0.2, -0.15) is 13.2 Å². The van der Waals surface area contributed by atoms with Crippen molar-refractivity contribution in [3.8, 4) is 22.6 Å². The maximum Gasteiger partial charge on any atom is 0.416 e. The number of anilines is 1. The number of hydrogen-bond donors (Lipinski definition) is 2. The van der Waals surface area contributed by atoms with Crippen molar-refractivity contribution < 1.29 is 30.3 Å². The van der Waals surface area contributed by atoms with Gasteiger partial charge < -0.3 is 20.5 Å². The van der Waals surface area contributed by atoms with Gasteiger partial charge in [0.25, 0.3) is 0 Å². The molecule has 0 radical (unpaired) electrons. The highest BCUT2D eigenvalue weighted by molar-refractivity contribution is 6.02. The van der Waals surface area contributed by atoms with Gasteiger partial charge in [-0.05, 0) is 65.4 Å². The highest BCUT2D eigenvalue weighted by Crippen LogP contribution is 2.51. The first-order valence-corrected chi connectivity index (χ1v) is 10.5. The van der Waals surface area contributed by atoms with Gasteiger partial charge in [0.2, 0.25) is 12.7 Å². The predicted molar refractivity (Wildman–Crippen MR) is 121 cm³/mol. The highest BCUT2D eigenvalue weighted by Gasteiger charge is 2.51. The summed E-state index contributed by atoms with van der Waals surface area (Å²) in [5, 5.41) is 2.73. The van der Waals surface area contributed by atoms with Crippen molar-refractivity contribution >= 4 is 11.6 Å². The highest BCUT2D eigenvalue weighted by atomic mass is 19.4. The van der Waals surface area contributed by atoms with Crippen LogP contribution in [-0.2, 0) is 22.9 Å². The van der Waals surface area contributed by atoms with E-state index in [2.05, 4.69) is 5.32 Å². The minimum absolute atomic E-state index is 0. The number of nitrogens with one attached hydrogen (secondary N) is 1. The molecule has 5 nitrogen and oxygen atoms in total. The van der Waals surface area contributed by atoms with E-state index in [-0.39, 0.29) is 27.8 Å². The number of halogens is 3. The molecule has 0 unspecified atom stereocenters. The summed E-state index contributed by atoms with van der Waals surface area (Å²) in [6, 6.07) is 15.9. The summed E-state index contributed by atoms with van der Waals surface area (Å²) >= 11 is 0. The number of carbonyl (C=O) groups excluding carboxylic acids is 1. The van der Waals surface area contributed by atoms with Crippen molar-refractivity contribution in [1.82, 2.24) is 0 Å². The summed E-state index contributed by atoms with van der Waals surface area (Å²) in [6.45, 7) is 0.302. The van der Waals surface area contributed by atoms with E-state index in [1.165, 1.54) is 0 Å². The molecule has 3 aromatic rings. The van der Waals surface area contributed by atoms with Gasteiger partial charge in [0, 0.05) is 15.1 Å². The second kappa shape index (κ2) is 7.81. The standard InChI is InChI=1S/C25H21F3N2O3.2H2/c26-25(27,28)18-9-16(20-4-2-1-3-15(20)13-29)10-19(11-18)30-23(31)24(7-8-24)17-5-6-21-22(12-17)33-14-32-21;;/h1-6,9-12H,7-8,13-14,29H2,(H,30,31);2*1H. The summed E-state index contributed by atoms with van der Waals surface area (Å²) in [6.07, 6.45) is -3.37. The van der Waals surface area contributed by atoms with E-state index in [0.29, 0.717) is 41.0 Å². The molecule has 0 bridgehead atoms. The fourth-order valence-electron chi connectivity index (χ4n) is 4.22. The Labute approximate surface area is 191 Å². The molecule has 1 saturated carbocycles. The number of nitrogens with two attached hydrogens (primary N) is 1. The Morgan fingerprint density at radius 3 is 2.52 bits per heavy atom. The molecule has 1 fully saturated rings. The molecule has 33 heavy (non-hydrogen) atoms. The number of fused-ring (bicyclic) bond motifs is 1. The summed E-state index contributed by atoms with van der Waals surface area (Å²) in [5.74, 6) is 0.820. The van der Waals surface area contributed by atoms with Crippen molar-refractivity contribution in [3.63, 3.8) is 0 Å². The van der Waals surface area contributed by atoms with Crippen LogP contribution in [0.25, 0.3) is 11.1 Å². The monoisotopic (exact) mass is 458 g/mol. The van der Waals surface area contributed by atoms with Crippen LogP contribution in [0.3, 0.4) is 0 Å². The van der Waals surface area contributed by atoms with E-state index in [1.807, 2.05) is 0 Å². The van der Waals surface area contributed by atoms with Crippen LogP contribution in [0.2, 0.25) is 0 Å². The van der Waals surface area contributed by atoms with E-state index in [1.54, 1.807) is 48.5 Å². The van der Waals surface area contributed by atoms with E-state index in [9.17, 15) is 18.0 Å². The number of amides is 1. The van der Waals surface area contributed by atoms with Gasteiger partial charge in [-0.1, -0.05) is 30.3 Å². The zero-order valence-corrected chi connectivity index (χ0v) is 17.5. The number of rotatable bonds is 5. The molecule has 0 spiro atoms. The van der Waals surface area contributed by atoms with Gasteiger partial charge in [0.05, 0.1) is 11.0 Å². The average molecular weight is 458 g/mol. The molecule has 1 aliphatic heterocycles. The van der Waals surface area contributed by atoms with Crippen molar-refractivity contribution in [2.24, 2.45) is 5.73 Å². The average Bonchev–Trinajstić information content (AvgIpc) is 3.49. The molecule has 0 saturated heterocycles. The second-order valence-electron chi connectivity index (χ2n) is 8.26. The van der Waals surface area contributed by atoms with Gasteiger partial charge >= 0.3 is 6.18 Å². The zero-order valence-electron chi connectivity index (χ0n) is 17.5. The third kappa shape index (κ3) is 3.91. The molecule has 1 amide bonds. The maximum atomic E-state index is 13.7. The lowest BCUT2D eigenvalue weighted by Gasteiger charge is -2.19. The number of ether oxygens (including phenoxy) is 2. The summed E-state index contributed by atoms with van der Waals surface area (Å²) in [7, 11) is 0. The summed E-state index contributed by atoms with van der Waals surface area (Å²) < 4.78 is 51.7. The minimum Gasteiger partial charge on any atom is -0.454 e. The molecule has 1 heterocycles. The Morgan fingerprint density at radius 1 is 1.03 bits per heavy atom. The number of carbonyl (C=O) groups is 1. The lowest BCUT2D eigenvalue weighted by molar-refractivity contribution is -0.137. The Bertz CT molecular complexity index is 1250. The molecule has 2 aliphatic rings. The van der Waals surface area contributed by atoms with Gasteiger partial charge in [-0.3, -0.25) is 4.79 Å². The quantitative estimate of drug-likeness (QED) is 0.513. The first kappa shape index (κ1) is 21.3. The summed E-state index contributed by atoms with van der Waals surface area (Å²) in [5.41, 5.74) is 6.64. The number of hydrogen-bond acceptors (Lipinski definition) is 4. The Kier molecular flexibility index (Phi) is 5.05. The van der Waals surface area contributed by atoms with Crippen LogP contribution in [0, 0.1) is 0 Å². The molecule has 3 aromatic carbocycles. The van der Waals surface area contributed by atoms with Gasteiger partial charge in [-0.15, -0.1) is 0 Å². The number of alkyl halides is 3. The van der Waals surface area contributed by atoms with E-state index >= 15 is 0 Å². The van der Waals surface area contributed by atoms with Crippen LogP contribution in [-0.4, -0.2) is 12.7 Å². The van der Waals surface area contributed by atoms with Crippen LogP contribution < -0.4 is 20.5 Å². The fourth-order valence-corrected chi connectivity index (χ4v) is 4.22. The molecule has 0 aromatic heterocycles. The third-order valence-corrected chi connectivity index (χ3v) is 6.18. The molecular formula is C25H25F3N2O3. The second-order valence-corrected chi connectivity index (χ2v) is 8.26. The molecule has 174 valence electrons. The molecule has 5 rings (SSSR count). The SMILES string of the molecule is NCc1ccccc1-c1cc(NC(=O)C2(c3ccc4c(c3)OCO4)CC2)cc(C(F)(F)F)c1.[HH].[HH]. The maximum absolute atomic E-state index is 13.7. The lowest BCUT2D eigenvalue weighted by atomic mass is 9.93. The zero-order chi connectivity index (χ0) is 23.2. The van der Waals surface area contributed by atoms with Gasteiger partial charge in [0.15, 0.2) is 11.5 Å². The topological polar surface area (TPSA) is 73.6 Å². The Balaban J connectivity index is 0.00000171.